The third-order valence-electron chi connectivity index (χ3n) is 14.2. The Bertz CT molecular complexity index is 1060. The molecule has 0 aliphatic rings. The summed E-state index contributed by atoms with van der Waals surface area (Å²) in [5.74, 6) is -0.0660. The van der Waals surface area contributed by atoms with E-state index in [4.69, 9.17) is 4.74 Å². The van der Waals surface area contributed by atoms with Crippen LogP contribution in [0, 0.1) is 0 Å². The third kappa shape index (κ3) is 53.7. The fraction of sp³-hybridized carbons (Fsp3) is 0.903. The van der Waals surface area contributed by atoms with Crippen molar-refractivity contribution in [2.24, 2.45) is 0 Å². The average molecular weight is 959 g/mol. The van der Waals surface area contributed by atoms with Crippen LogP contribution < -0.4 is 5.32 Å². The van der Waals surface area contributed by atoms with E-state index in [2.05, 4.69) is 31.3 Å². The Labute approximate surface area is 424 Å². The summed E-state index contributed by atoms with van der Waals surface area (Å²) in [5.41, 5.74) is 0. The van der Waals surface area contributed by atoms with Crippen LogP contribution in [-0.2, 0) is 14.3 Å². The lowest BCUT2D eigenvalue weighted by Gasteiger charge is -2.20. The summed E-state index contributed by atoms with van der Waals surface area (Å²) in [6.45, 7) is 4.92. The number of ether oxygens (including phenoxy) is 1. The molecule has 402 valence electrons. The highest BCUT2D eigenvalue weighted by Crippen LogP contribution is 2.17. The van der Waals surface area contributed by atoms with Gasteiger partial charge in [-0.3, -0.25) is 9.59 Å². The zero-order valence-electron chi connectivity index (χ0n) is 45.9. The molecule has 0 radical (unpaired) electrons. The number of esters is 1. The van der Waals surface area contributed by atoms with E-state index in [0.29, 0.717) is 19.4 Å². The van der Waals surface area contributed by atoms with E-state index in [0.717, 1.165) is 44.9 Å². The fourth-order valence-corrected chi connectivity index (χ4v) is 9.51. The predicted molar refractivity (Wildman–Crippen MR) is 296 cm³/mol. The fourth-order valence-electron chi connectivity index (χ4n) is 9.51. The topological polar surface area (TPSA) is 95.9 Å². The third-order valence-corrected chi connectivity index (χ3v) is 14.2. The number of amides is 1. The summed E-state index contributed by atoms with van der Waals surface area (Å²) in [6.07, 6.45) is 70.7. The standard InChI is InChI=1S/C62H119NO5/c1-3-5-7-9-11-13-15-17-19-27-30-34-38-42-46-50-54-60(65)59(58-64)63-61(66)55-51-47-43-39-35-31-28-24-22-20-21-23-25-29-33-37-41-45-49-53-57-68-62(67)56-52-48-44-40-36-32-26-18-16-14-12-10-8-6-4-2/h20,22,50,54,59-60,64-65H,3-19,21,23-49,51-53,55-58H2,1-2H3,(H,63,66)/b22-20-,54-50+. The van der Waals surface area contributed by atoms with E-state index >= 15 is 0 Å². The van der Waals surface area contributed by atoms with Crippen LogP contribution in [0.5, 0.6) is 0 Å². The number of allylic oxidation sites excluding steroid dienone is 3. The first-order valence-corrected chi connectivity index (χ1v) is 30.6. The zero-order valence-corrected chi connectivity index (χ0v) is 45.9. The summed E-state index contributed by atoms with van der Waals surface area (Å²) in [7, 11) is 0. The van der Waals surface area contributed by atoms with Gasteiger partial charge < -0.3 is 20.3 Å². The molecule has 0 bridgehead atoms. The summed E-state index contributed by atoms with van der Waals surface area (Å²) in [6, 6.07) is -0.634. The van der Waals surface area contributed by atoms with Gasteiger partial charge in [-0.25, -0.2) is 0 Å². The van der Waals surface area contributed by atoms with Crippen LogP contribution in [-0.4, -0.2) is 47.4 Å². The van der Waals surface area contributed by atoms with Crippen molar-refractivity contribution in [2.75, 3.05) is 13.2 Å². The van der Waals surface area contributed by atoms with Crippen LogP contribution in [0.25, 0.3) is 0 Å². The second-order valence-electron chi connectivity index (χ2n) is 21.0. The Morgan fingerprint density at radius 3 is 1.04 bits per heavy atom. The smallest absolute Gasteiger partial charge is 0.305 e. The van der Waals surface area contributed by atoms with Gasteiger partial charge in [0.05, 0.1) is 25.4 Å². The molecule has 0 aromatic carbocycles. The highest BCUT2D eigenvalue weighted by Gasteiger charge is 2.18. The van der Waals surface area contributed by atoms with Gasteiger partial charge in [-0.15, -0.1) is 0 Å². The first-order chi connectivity index (χ1) is 33.5. The van der Waals surface area contributed by atoms with E-state index in [-0.39, 0.29) is 18.5 Å². The summed E-state index contributed by atoms with van der Waals surface area (Å²) in [5, 5.41) is 23.1. The van der Waals surface area contributed by atoms with Crippen molar-refractivity contribution >= 4 is 11.9 Å². The minimum absolute atomic E-state index is 0.00873. The molecule has 2 unspecified atom stereocenters. The van der Waals surface area contributed by atoms with Crippen LogP contribution >= 0.6 is 0 Å². The van der Waals surface area contributed by atoms with Gasteiger partial charge in [-0.05, 0) is 57.8 Å². The van der Waals surface area contributed by atoms with Gasteiger partial charge in [0.25, 0.3) is 0 Å². The molecule has 0 rings (SSSR count). The number of aliphatic hydroxyl groups is 2. The van der Waals surface area contributed by atoms with Gasteiger partial charge >= 0.3 is 5.97 Å². The van der Waals surface area contributed by atoms with Gasteiger partial charge in [-0.1, -0.05) is 289 Å². The average Bonchev–Trinajstić information content (AvgIpc) is 3.34. The number of nitrogens with one attached hydrogen (secondary N) is 1. The van der Waals surface area contributed by atoms with Crippen molar-refractivity contribution in [3.63, 3.8) is 0 Å². The molecular formula is C62H119NO5. The lowest BCUT2D eigenvalue weighted by atomic mass is 10.0. The first kappa shape index (κ1) is 66.3. The molecule has 0 fully saturated rings. The number of rotatable bonds is 57. The first-order valence-electron chi connectivity index (χ1n) is 30.6. The maximum absolute atomic E-state index is 12.5. The molecule has 0 aromatic heterocycles. The Hall–Kier alpha value is -1.66. The molecule has 3 N–H and O–H groups in total. The molecule has 68 heavy (non-hydrogen) atoms. The van der Waals surface area contributed by atoms with Gasteiger partial charge in [-0.2, -0.15) is 0 Å². The SMILES string of the molecule is CCCCCCCCCCCCCCCC/C=C/C(O)C(CO)NC(=O)CCCCCCCCC/C=C\CCCCCCCCCCCOC(=O)CCCCCCCCCCCCCCCCC. The van der Waals surface area contributed by atoms with Crippen LogP contribution in [0.1, 0.15) is 335 Å². The van der Waals surface area contributed by atoms with Gasteiger partial charge in [0.15, 0.2) is 0 Å². The minimum Gasteiger partial charge on any atom is -0.466 e. The molecule has 0 aromatic rings. The molecular weight excluding hydrogens is 839 g/mol. The van der Waals surface area contributed by atoms with Crippen molar-refractivity contribution in [1.29, 1.82) is 0 Å². The van der Waals surface area contributed by atoms with Crippen molar-refractivity contribution in [2.45, 2.75) is 347 Å². The van der Waals surface area contributed by atoms with Gasteiger partial charge in [0.1, 0.15) is 0 Å². The summed E-state index contributed by atoms with van der Waals surface area (Å²) >= 11 is 0. The van der Waals surface area contributed by atoms with E-state index < -0.39 is 12.1 Å². The highest BCUT2D eigenvalue weighted by atomic mass is 16.5. The summed E-state index contributed by atoms with van der Waals surface area (Å²) in [4.78, 5) is 24.5. The van der Waals surface area contributed by atoms with Crippen LogP contribution in [0.3, 0.4) is 0 Å². The molecule has 0 spiro atoms. The number of carbonyl (C=O) groups excluding carboxylic acids is 2. The normalized spacial score (nSPS) is 12.7. The minimum atomic E-state index is -0.849. The van der Waals surface area contributed by atoms with Gasteiger partial charge in [0.2, 0.25) is 5.91 Å². The molecule has 6 nitrogen and oxygen atoms in total. The number of hydrogen-bond donors (Lipinski definition) is 3. The molecule has 1 amide bonds. The molecule has 0 aliphatic carbocycles. The molecule has 0 saturated carbocycles. The molecule has 0 saturated heterocycles. The number of unbranched alkanes of at least 4 members (excludes halogenated alkanes) is 44. The molecule has 2 atom stereocenters. The second-order valence-corrected chi connectivity index (χ2v) is 21.0. The molecule has 0 heterocycles. The summed E-state index contributed by atoms with van der Waals surface area (Å²) < 4.78 is 5.48. The molecule has 6 heteroatoms. The van der Waals surface area contributed by atoms with Crippen LogP contribution in [0.2, 0.25) is 0 Å². The van der Waals surface area contributed by atoms with Gasteiger partial charge in [0, 0.05) is 12.8 Å². The lowest BCUT2D eigenvalue weighted by Crippen LogP contribution is -2.45. The quantitative estimate of drug-likeness (QED) is 0.0321. The number of carbonyl (C=O) groups is 2. The Morgan fingerprint density at radius 2 is 0.691 bits per heavy atom. The maximum Gasteiger partial charge on any atom is 0.305 e. The monoisotopic (exact) mass is 958 g/mol. The van der Waals surface area contributed by atoms with Crippen LogP contribution in [0.15, 0.2) is 24.3 Å². The Morgan fingerprint density at radius 1 is 0.397 bits per heavy atom. The lowest BCUT2D eigenvalue weighted by molar-refractivity contribution is -0.143. The van der Waals surface area contributed by atoms with Crippen LogP contribution in [0.4, 0.5) is 0 Å². The molecule has 0 aliphatic heterocycles. The highest BCUT2D eigenvalue weighted by molar-refractivity contribution is 5.76. The number of hydrogen-bond acceptors (Lipinski definition) is 5. The van der Waals surface area contributed by atoms with Crippen molar-refractivity contribution in [3.8, 4) is 0 Å². The largest absolute Gasteiger partial charge is 0.466 e. The van der Waals surface area contributed by atoms with E-state index in [9.17, 15) is 19.8 Å². The van der Waals surface area contributed by atoms with Crippen molar-refractivity contribution < 1.29 is 24.5 Å². The number of aliphatic hydroxyl groups excluding tert-OH is 2. The van der Waals surface area contributed by atoms with Crippen molar-refractivity contribution in [1.82, 2.24) is 5.32 Å². The Balaban J connectivity index is 3.44. The Kier molecular flexibility index (Phi) is 56.5. The second kappa shape index (κ2) is 57.9. The van der Waals surface area contributed by atoms with Crippen molar-refractivity contribution in [3.05, 3.63) is 24.3 Å². The van der Waals surface area contributed by atoms with E-state index in [1.54, 1.807) is 6.08 Å². The predicted octanol–water partition coefficient (Wildman–Crippen LogP) is 19.0. The van der Waals surface area contributed by atoms with E-state index in [1.165, 1.54) is 263 Å². The zero-order chi connectivity index (χ0) is 49.3. The maximum atomic E-state index is 12.5. The van der Waals surface area contributed by atoms with E-state index in [1.807, 2.05) is 6.08 Å².